The van der Waals surface area contributed by atoms with Crippen molar-refractivity contribution in [1.29, 1.82) is 0 Å². The minimum Gasteiger partial charge on any atom is -0.355 e. The van der Waals surface area contributed by atoms with E-state index in [0.717, 1.165) is 65.5 Å². The summed E-state index contributed by atoms with van der Waals surface area (Å²) in [5.41, 5.74) is 5.30. The van der Waals surface area contributed by atoms with Gasteiger partial charge in [-0.2, -0.15) is 0 Å². The number of likely N-dealkylation sites (N-methyl/N-ethyl adjacent to an activating group) is 1. The molecule has 42 heavy (non-hydrogen) atoms. The fourth-order valence-electron chi connectivity index (χ4n) is 6.30. The lowest BCUT2D eigenvalue weighted by Crippen LogP contribution is -2.47. The number of likely N-dealkylation sites (tertiary alicyclic amines) is 1. The zero-order chi connectivity index (χ0) is 29.1. The Morgan fingerprint density at radius 2 is 1.52 bits per heavy atom. The molecular formula is C34H37N5O3. The quantitative estimate of drug-likeness (QED) is 0.216. The van der Waals surface area contributed by atoms with Crippen LogP contribution in [0.4, 0.5) is 11.4 Å². The molecule has 216 valence electrons. The summed E-state index contributed by atoms with van der Waals surface area (Å²) in [5.74, 6) is -0.0151. The van der Waals surface area contributed by atoms with E-state index in [-0.39, 0.29) is 23.6 Å². The summed E-state index contributed by atoms with van der Waals surface area (Å²) >= 11 is 0. The first-order valence-electron chi connectivity index (χ1n) is 14.9. The monoisotopic (exact) mass is 563 g/mol. The van der Waals surface area contributed by atoms with Crippen molar-refractivity contribution in [3.05, 3.63) is 84.4 Å². The number of anilines is 2. The number of carbonyl (C=O) groups excluding carboxylic acids is 3. The van der Waals surface area contributed by atoms with Crippen LogP contribution in [0.5, 0.6) is 0 Å². The molecule has 1 aliphatic heterocycles. The van der Waals surface area contributed by atoms with E-state index in [0.29, 0.717) is 18.7 Å². The largest absolute Gasteiger partial charge is 0.355 e. The molecule has 2 atom stereocenters. The summed E-state index contributed by atoms with van der Waals surface area (Å²) in [6.45, 7) is 0.561. The summed E-state index contributed by atoms with van der Waals surface area (Å²) in [6.07, 6.45) is 5.64. The molecule has 8 heteroatoms. The van der Waals surface area contributed by atoms with E-state index in [1.165, 1.54) is 0 Å². The van der Waals surface area contributed by atoms with Crippen LogP contribution in [0.15, 0.2) is 78.9 Å². The van der Waals surface area contributed by atoms with Crippen molar-refractivity contribution < 1.29 is 14.4 Å². The molecule has 1 aliphatic carbocycles. The molecule has 0 radical (unpaired) electrons. The third-order valence-electron chi connectivity index (χ3n) is 8.58. The standard InChI is InChI=1S/C34H37N5O3/c1-35-31(23-8-3-2-4-9-23)34(42)39-19-7-12-30(39)33(41)37-27-17-18-28-25(20-27)21-29(38-28)22-13-15-26(16-14-22)36-32(40)24-10-5-6-11-24/h2-4,8-9,13-18,20-21,24,30-31,35,38H,5-7,10-12,19H2,1H3,(H,36,40)(H,37,41)/t30-,31+/m0/s1. The molecule has 8 nitrogen and oxygen atoms in total. The normalized spacial score (nSPS) is 17.8. The number of carbonyl (C=O) groups is 3. The number of fused-ring (bicyclic) bond motifs is 1. The lowest BCUT2D eigenvalue weighted by Gasteiger charge is -2.28. The summed E-state index contributed by atoms with van der Waals surface area (Å²) in [6, 6.07) is 24.3. The molecule has 1 saturated heterocycles. The van der Waals surface area contributed by atoms with E-state index < -0.39 is 12.1 Å². The molecule has 0 unspecified atom stereocenters. The second-order valence-corrected chi connectivity index (χ2v) is 11.3. The Kier molecular flexibility index (Phi) is 8.06. The van der Waals surface area contributed by atoms with Crippen molar-refractivity contribution in [2.75, 3.05) is 24.2 Å². The van der Waals surface area contributed by atoms with E-state index in [1.807, 2.05) is 72.8 Å². The van der Waals surface area contributed by atoms with Crippen LogP contribution in [-0.4, -0.2) is 47.2 Å². The predicted octanol–water partition coefficient (Wildman–Crippen LogP) is 5.85. The number of amides is 3. The molecule has 4 N–H and O–H groups in total. The lowest BCUT2D eigenvalue weighted by atomic mass is 10.1. The van der Waals surface area contributed by atoms with Crippen LogP contribution in [-0.2, 0) is 14.4 Å². The second-order valence-electron chi connectivity index (χ2n) is 11.3. The maximum atomic E-state index is 13.4. The van der Waals surface area contributed by atoms with Gasteiger partial charge in [-0.15, -0.1) is 0 Å². The molecule has 3 aromatic carbocycles. The fourth-order valence-corrected chi connectivity index (χ4v) is 6.30. The van der Waals surface area contributed by atoms with Crippen molar-refractivity contribution in [1.82, 2.24) is 15.2 Å². The molecule has 0 spiro atoms. The first-order chi connectivity index (χ1) is 20.5. The van der Waals surface area contributed by atoms with Gasteiger partial charge in [0.2, 0.25) is 17.7 Å². The number of hydrogen-bond acceptors (Lipinski definition) is 4. The van der Waals surface area contributed by atoms with Gasteiger partial charge in [0.15, 0.2) is 0 Å². The highest BCUT2D eigenvalue weighted by Crippen LogP contribution is 2.30. The highest BCUT2D eigenvalue weighted by molar-refractivity contribution is 6.00. The highest BCUT2D eigenvalue weighted by Gasteiger charge is 2.37. The molecule has 1 aromatic heterocycles. The third kappa shape index (κ3) is 5.81. The minimum absolute atomic E-state index is 0.0869. The zero-order valence-electron chi connectivity index (χ0n) is 23.9. The third-order valence-corrected chi connectivity index (χ3v) is 8.58. The number of nitrogens with one attached hydrogen (secondary N) is 4. The minimum atomic E-state index is -0.512. The number of benzene rings is 3. The van der Waals surface area contributed by atoms with Crippen molar-refractivity contribution in [3.8, 4) is 11.3 Å². The summed E-state index contributed by atoms with van der Waals surface area (Å²) in [4.78, 5) is 44.4. The first kappa shape index (κ1) is 27.7. The molecule has 2 fully saturated rings. The highest BCUT2D eigenvalue weighted by atomic mass is 16.2. The first-order valence-corrected chi connectivity index (χ1v) is 14.9. The van der Waals surface area contributed by atoms with E-state index in [2.05, 4.69) is 27.0 Å². The number of nitrogens with zero attached hydrogens (tertiary/aromatic N) is 1. The molecular weight excluding hydrogens is 526 g/mol. The van der Waals surface area contributed by atoms with Gasteiger partial charge in [-0.1, -0.05) is 55.3 Å². The van der Waals surface area contributed by atoms with Crippen LogP contribution >= 0.6 is 0 Å². The van der Waals surface area contributed by atoms with Gasteiger partial charge in [-0.25, -0.2) is 0 Å². The SMILES string of the molecule is CN[C@@H](C(=O)N1CCC[C@H]1C(=O)Nc1ccc2[nH]c(-c3ccc(NC(=O)C4CCCC4)cc3)cc2c1)c1ccccc1. The van der Waals surface area contributed by atoms with E-state index in [1.54, 1.807) is 11.9 Å². The Labute approximate surface area is 245 Å². The fraction of sp³-hybridized carbons (Fsp3) is 0.324. The van der Waals surface area contributed by atoms with Crippen molar-refractivity contribution >= 4 is 40.0 Å². The van der Waals surface area contributed by atoms with Gasteiger partial charge in [0, 0.05) is 40.4 Å². The number of rotatable bonds is 8. The van der Waals surface area contributed by atoms with Crippen molar-refractivity contribution in [3.63, 3.8) is 0 Å². The molecule has 2 heterocycles. The Morgan fingerprint density at radius 1 is 0.810 bits per heavy atom. The van der Waals surface area contributed by atoms with Crippen LogP contribution in [0.3, 0.4) is 0 Å². The van der Waals surface area contributed by atoms with Gasteiger partial charge in [-0.3, -0.25) is 14.4 Å². The summed E-state index contributed by atoms with van der Waals surface area (Å²) in [5, 5.41) is 10.2. The van der Waals surface area contributed by atoms with E-state index in [4.69, 9.17) is 0 Å². The second kappa shape index (κ2) is 12.2. The lowest BCUT2D eigenvalue weighted by molar-refractivity contribution is -0.138. The van der Waals surface area contributed by atoms with Gasteiger partial charge in [-0.05, 0) is 80.3 Å². The van der Waals surface area contributed by atoms with Crippen molar-refractivity contribution in [2.45, 2.75) is 50.6 Å². The smallest absolute Gasteiger partial charge is 0.247 e. The predicted molar refractivity (Wildman–Crippen MR) is 166 cm³/mol. The molecule has 2 aliphatic rings. The number of hydrogen-bond donors (Lipinski definition) is 4. The maximum Gasteiger partial charge on any atom is 0.247 e. The van der Waals surface area contributed by atoms with Gasteiger partial charge in [0.25, 0.3) is 0 Å². The Balaban J connectivity index is 1.12. The van der Waals surface area contributed by atoms with E-state index >= 15 is 0 Å². The maximum absolute atomic E-state index is 13.4. The Bertz CT molecular complexity index is 1570. The molecule has 4 aromatic rings. The van der Waals surface area contributed by atoms with Crippen LogP contribution in [0.2, 0.25) is 0 Å². The van der Waals surface area contributed by atoms with E-state index in [9.17, 15) is 14.4 Å². The molecule has 1 saturated carbocycles. The molecule has 6 rings (SSSR count). The van der Waals surface area contributed by atoms with Crippen molar-refractivity contribution in [2.24, 2.45) is 5.92 Å². The van der Waals surface area contributed by atoms with Crippen LogP contribution in [0.1, 0.15) is 50.1 Å². The summed E-state index contributed by atoms with van der Waals surface area (Å²) in [7, 11) is 1.77. The average molecular weight is 564 g/mol. The van der Waals surface area contributed by atoms with Gasteiger partial charge in [0.05, 0.1) is 0 Å². The van der Waals surface area contributed by atoms with Crippen LogP contribution in [0.25, 0.3) is 22.2 Å². The zero-order valence-corrected chi connectivity index (χ0v) is 23.9. The Morgan fingerprint density at radius 3 is 2.26 bits per heavy atom. The van der Waals surface area contributed by atoms with Gasteiger partial charge in [0.1, 0.15) is 12.1 Å². The van der Waals surface area contributed by atoms with Crippen LogP contribution in [0, 0.1) is 5.92 Å². The number of aromatic nitrogens is 1. The van der Waals surface area contributed by atoms with Gasteiger partial charge < -0.3 is 25.8 Å². The Hall–Kier alpha value is -4.43. The van der Waals surface area contributed by atoms with Crippen LogP contribution < -0.4 is 16.0 Å². The van der Waals surface area contributed by atoms with Gasteiger partial charge >= 0.3 is 0 Å². The topological polar surface area (TPSA) is 106 Å². The summed E-state index contributed by atoms with van der Waals surface area (Å²) < 4.78 is 0. The molecule has 3 amide bonds. The molecule has 0 bridgehead atoms. The number of H-pyrrole nitrogens is 1. The average Bonchev–Trinajstić information content (AvgIpc) is 3.79. The number of aromatic amines is 1.